The van der Waals surface area contributed by atoms with Gasteiger partial charge in [-0.25, -0.2) is 0 Å². The molecule has 1 unspecified atom stereocenters. The average molecular weight is 410 g/mol. The number of halogens is 1. The Kier molecular flexibility index (Phi) is 6.10. The molecule has 2 aromatic rings. The molecule has 0 radical (unpaired) electrons. The van der Waals surface area contributed by atoms with E-state index in [2.05, 4.69) is 31.9 Å². The van der Waals surface area contributed by atoms with Crippen LogP contribution in [0.15, 0.2) is 40.2 Å². The lowest BCUT2D eigenvalue weighted by Crippen LogP contribution is -2.41. The maximum absolute atomic E-state index is 12.1. The van der Waals surface area contributed by atoms with Gasteiger partial charge in [0, 0.05) is 18.3 Å². The third kappa shape index (κ3) is 4.65. The van der Waals surface area contributed by atoms with Gasteiger partial charge in [0.1, 0.15) is 6.04 Å². The maximum atomic E-state index is 12.1. The summed E-state index contributed by atoms with van der Waals surface area (Å²) >= 11 is 4.59. The Hall–Kier alpha value is -2.19. The van der Waals surface area contributed by atoms with Crippen LogP contribution >= 0.6 is 27.3 Å². The molecular formula is C16H16BrN3O3S. The Morgan fingerprint density at radius 2 is 1.71 bits per heavy atom. The smallest absolute Gasteiger partial charge is 0.262 e. The number of carbonyl (C=O) groups is 3. The van der Waals surface area contributed by atoms with E-state index in [-0.39, 0.29) is 17.7 Å². The molecule has 1 heterocycles. The maximum Gasteiger partial charge on any atom is 0.262 e. The van der Waals surface area contributed by atoms with Gasteiger partial charge in [-0.15, -0.1) is 11.3 Å². The van der Waals surface area contributed by atoms with Crippen molar-refractivity contribution in [2.24, 2.45) is 0 Å². The molecule has 0 aliphatic carbocycles. The fourth-order valence-electron chi connectivity index (χ4n) is 1.87. The highest BCUT2D eigenvalue weighted by atomic mass is 79.9. The molecule has 0 saturated carbocycles. The Morgan fingerprint density at radius 1 is 1.04 bits per heavy atom. The van der Waals surface area contributed by atoms with Crippen molar-refractivity contribution in [2.45, 2.75) is 13.0 Å². The molecule has 3 N–H and O–H groups in total. The molecular weight excluding hydrogens is 394 g/mol. The minimum absolute atomic E-state index is 0.199. The largest absolute Gasteiger partial charge is 0.355 e. The van der Waals surface area contributed by atoms with Crippen LogP contribution in [0.5, 0.6) is 0 Å². The SMILES string of the molecule is CNC(=O)c1ccc(NC(=O)C(C)NC(=O)c2ccc(Br)s2)cc1. The standard InChI is InChI=1S/C16H16BrN3O3S/c1-9(19-16(23)12-7-8-13(17)24-12)14(21)20-11-5-3-10(4-6-11)15(22)18-2/h3-9H,1-2H3,(H,18,22)(H,19,23)(H,20,21). The summed E-state index contributed by atoms with van der Waals surface area (Å²) in [6.45, 7) is 1.61. The molecule has 6 nitrogen and oxygen atoms in total. The van der Waals surface area contributed by atoms with E-state index < -0.39 is 6.04 Å². The zero-order valence-corrected chi connectivity index (χ0v) is 15.5. The van der Waals surface area contributed by atoms with Gasteiger partial charge >= 0.3 is 0 Å². The third-order valence-electron chi connectivity index (χ3n) is 3.18. The van der Waals surface area contributed by atoms with Gasteiger partial charge in [0.25, 0.3) is 11.8 Å². The fourth-order valence-corrected chi connectivity index (χ4v) is 3.16. The van der Waals surface area contributed by atoms with Gasteiger partial charge in [0.05, 0.1) is 8.66 Å². The second-order valence-corrected chi connectivity index (χ2v) is 7.41. The Labute approximate surface area is 151 Å². The van der Waals surface area contributed by atoms with Crippen LogP contribution in [0.3, 0.4) is 0 Å². The number of rotatable bonds is 5. The first kappa shape index (κ1) is 18.2. The minimum atomic E-state index is -0.697. The summed E-state index contributed by atoms with van der Waals surface area (Å²) < 4.78 is 0.848. The quantitative estimate of drug-likeness (QED) is 0.708. The van der Waals surface area contributed by atoms with Gasteiger partial charge in [-0.1, -0.05) is 0 Å². The van der Waals surface area contributed by atoms with Gasteiger partial charge in [0.15, 0.2) is 0 Å². The molecule has 3 amide bonds. The van der Waals surface area contributed by atoms with E-state index in [1.807, 2.05) is 0 Å². The molecule has 8 heteroatoms. The number of nitrogens with one attached hydrogen (secondary N) is 3. The van der Waals surface area contributed by atoms with Crippen LogP contribution < -0.4 is 16.0 Å². The second kappa shape index (κ2) is 8.07. The van der Waals surface area contributed by atoms with Crippen molar-refractivity contribution in [3.8, 4) is 0 Å². The normalized spacial score (nSPS) is 11.5. The van der Waals surface area contributed by atoms with Crippen LogP contribution in [0.4, 0.5) is 5.69 Å². The molecule has 126 valence electrons. The zero-order chi connectivity index (χ0) is 17.7. The van der Waals surface area contributed by atoms with Gasteiger partial charge in [-0.2, -0.15) is 0 Å². The van der Waals surface area contributed by atoms with Crippen molar-refractivity contribution >= 4 is 50.7 Å². The summed E-state index contributed by atoms with van der Waals surface area (Å²) in [7, 11) is 1.55. The predicted molar refractivity (Wildman–Crippen MR) is 97.4 cm³/mol. The second-order valence-electron chi connectivity index (χ2n) is 4.94. The zero-order valence-electron chi connectivity index (χ0n) is 13.1. The lowest BCUT2D eigenvalue weighted by atomic mass is 10.2. The number of anilines is 1. The number of hydrogen-bond acceptors (Lipinski definition) is 4. The van der Waals surface area contributed by atoms with E-state index in [1.165, 1.54) is 11.3 Å². The van der Waals surface area contributed by atoms with Gasteiger partial charge in [-0.3, -0.25) is 14.4 Å². The van der Waals surface area contributed by atoms with E-state index in [4.69, 9.17) is 0 Å². The van der Waals surface area contributed by atoms with Gasteiger partial charge in [0.2, 0.25) is 5.91 Å². The summed E-state index contributed by atoms with van der Waals surface area (Å²) in [5.74, 6) is -0.842. The average Bonchev–Trinajstić information content (AvgIpc) is 3.01. The van der Waals surface area contributed by atoms with Crippen molar-refractivity contribution in [2.75, 3.05) is 12.4 Å². The van der Waals surface area contributed by atoms with Crippen LogP contribution in [-0.2, 0) is 4.79 Å². The van der Waals surface area contributed by atoms with E-state index in [1.54, 1.807) is 50.4 Å². The van der Waals surface area contributed by atoms with Crippen molar-refractivity contribution in [1.29, 1.82) is 0 Å². The van der Waals surface area contributed by atoms with Crippen molar-refractivity contribution < 1.29 is 14.4 Å². The van der Waals surface area contributed by atoms with Crippen LogP contribution in [0.2, 0.25) is 0 Å². The summed E-state index contributed by atoms with van der Waals surface area (Å²) in [6.07, 6.45) is 0. The molecule has 0 aliphatic heterocycles. The van der Waals surface area contributed by atoms with E-state index >= 15 is 0 Å². The number of amides is 3. The first-order chi connectivity index (χ1) is 11.4. The summed E-state index contributed by atoms with van der Waals surface area (Å²) in [6, 6.07) is 9.25. The molecule has 0 bridgehead atoms. The number of benzene rings is 1. The fraction of sp³-hybridized carbons (Fsp3) is 0.188. The lowest BCUT2D eigenvalue weighted by molar-refractivity contribution is -0.117. The molecule has 1 aromatic carbocycles. The Bertz CT molecular complexity index is 758. The van der Waals surface area contributed by atoms with E-state index in [0.717, 1.165) is 3.79 Å². The molecule has 0 saturated heterocycles. The lowest BCUT2D eigenvalue weighted by Gasteiger charge is -2.13. The summed E-state index contributed by atoms with van der Waals surface area (Å²) in [5.41, 5.74) is 1.05. The third-order valence-corrected chi connectivity index (χ3v) is 4.80. The van der Waals surface area contributed by atoms with Crippen molar-refractivity contribution in [3.05, 3.63) is 50.6 Å². The van der Waals surface area contributed by atoms with E-state index in [0.29, 0.717) is 16.1 Å². The van der Waals surface area contributed by atoms with Crippen LogP contribution in [-0.4, -0.2) is 30.8 Å². The van der Waals surface area contributed by atoms with Crippen molar-refractivity contribution in [3.63, 3.8) is 0 Å². The van der Waals surface area contributed by atoms with E-state index in [9.17, 15) is 14.4 Å². The Balaban J connectivity index is 1.93. The summed E-state index contributed by atoms with van der Waals surface area (Å²) in [5, 5.41) is 7.86. The number of hydrogen-bond donors (Lipinski definition) is 3. The highest BCUT2D eigenvalue weighted by Gasteiger charge is 2.18. The van der Waals surface area contributed by atoms with Crippen LogP contribution in [0.1, 0.15) is 27.0 Å². The molecule has 0 aliphatic rings. The molecule has 0 fully saturated rings. The Morgan fingerprint density at radius 3 is 2.25 bits per heavy atom. The number of thiophene rings is 1. The molecule has 2 rings (SSSR count). The van der Waals surface area contributed by atoms with Crippen LogP contribution in [0, 0.1) is 0 Å². The summed E-state index contributed by atoms with van der Waals surface area (Å²) in [4.78, 5) is 36.2. The topological polar surface area (TPSA) is 87.3 Å². The monoisotopic (exact) mass is 409 g/mol. The molecule has 1 aromatic heterocycles. The number of carbonyl (C=O) groups excluding carboxylic acids is 3. The minimum Gasteiger partial charge on any atom is -0.355 e. The van der Waals surface area contributed by atoms with Gasteiger partial charge in [-0.05, 0) is 59.3 Å². The van der Waals surface area contributed by atoms with Gasteiger partial charge < -0.3 is 16.0 Å². The predicted octanol–water partition coefficient (Wildman–Crippen LogP) is 2.63. The van der Waals surface area contributed by atoms with Crippen molar-refractivity contribution in [1.82, 2.24) is 10.6 Å². The van der Waals surface area contributed by atoms with Crippen LogP contribution in [0.25, 0.3) is 0 Å². The molecule has 0 spiro atoms. The highest BCUT2D eigenvalue weighted by molar-refractivity contribution is 9.11. The first-order valence-corrected chi connectivity index (χ1v) is 8.71. The molecule has 1 atom stereocenters. The first-order valence-electron chi connectivity index (χ1n) is 7.10. The molecule has 24 heavy (non-hydrogen) atoms. The highest BCUT2D eigenvalue weighted by Crippen LogP contribution is 2.22.